The Labute approximate surface area is 170 Å². The van der Waals surface area contributed by atoms with Gasteiger partial charge in [-0.25, -0.2) is 4.98 Å². The lowest BCUT2D eigenvalue weighted by atomic mass is 10.1. The molecule has 29 heavy (non-hydrogen) atoms. The summed E-state index contributed by atoms with van der Waals surface area (Å²) in [6.07, 6.45) is -3.74. The summed E-state index contributed by atoms with van der Waals surface area (Å²) in [6, 6.07) is 10.8. The first-order valence-corrected chi connectivity index (χ1v) is 9.39. The molecule has 0 amide bonds. The molecule has 4 nitrogen and oxygen atoms in total. The number of hydrogen-bond donors (Lipinski definition) is 0. The summed E-state index contributed by atoms with van der Waals surface area (Å²) in [7, 11) is 1.61. The zero-order chi connectivity index (χ0) is 20.8. The molecule has 0 saturated heterocycles. The highest BCUT2D eigenvalue weighted by molar-refractivity contribution is 6.31. The van der Waals surface area contributed by atoms with E-state index in [1.54, 1.807) is 13.2 Å². The summed E-state index contributed by atoms with van der Waals surface area (Å²) in [4.78, 5) is 6.47. The summed E-state index contributed by atoms with van der Waals surface area (Å²) in [5.74, 6) is 0.814. The predicted molar refractivity (Wildman–Crippen MR) is 107 cm³/mol. The molecule has 0 aliphatic carbocycles. The Kier molecular flexibility index (Phi) is 4.94. The fourth-order valence-corrected chi connectivity index (χ4v) is 3.96. The maximum absolute atomic E-state index is 12.6. The third kappa shape index (κ3) is 3.67. The minimum absolute atomic E-state index is 0.0582. The Morgan fingerprint density at radius 1 is 1.21 bits per heavy atom. The molecule has 0 bridgehead atoms. The van der Waals surface area contributed by atoms with Crippen molar-refractivity contribution in [1.29, 1.82) is 0 Å². The van der Waals surface area contributed by atoms with Gasteiger partial charge in [0.05, 0.1) is 12.8 Å². The largest absolute Gasteiger partial charge is 0.497 e. The van der Waals surface area contributed by atoms with Gasteiger partial charge in [-0.3, -0.25) is 0 Å². The Bertz CT molecular complexity index is 1090. The number of anilines is 2. The van der Waals surface area contributed by atoms with Crippen LogP contribution in [0.1, 0.15) is 11.1 Å². The van der Waals surface area contributed by atoms with Crippen LogP contribution in [0.4, 0.5) is 24.5 Å². The first kappa shape index (κ1) is 19.6. The van der Waals surface area contributed by atoms with Gasteiger partial charge in [-0.05, 0) is 43.2 Å². The zero-order valence-corrected chi connectivity index (χ0v) is 16.6. The van der Waals surface area contributed by atoms with Gasteiger partial charge in [0.2, 0.25) is 0 Å². The number of pyridine rings is 1. The predicted octanol–water partition coefficient (Wildman–Crippen LogP) is 5.84. The van der Waals surface area contributed by atoms with Crippen LogP contribution in [0.15, 0.2) is 36.4 Å². The zero-order valence-electron chi connectivity index (χ0n) is 15.8. The van der Waals surface area contributed by atoms with E-state index in [0.717, 1.165) is 28.3 Å². The summed E-state index contributed by atoms with van der Waals surface area (Å²) < 4.78 is 48.2. The summed E-state index contributed by atoms with van der Waals surface area (Å²) >= 11 is 6.42. The van der Waals surface area contributed by atoms with E-state index in [0.29, 0.717) is 23.9 Å². The van der Waals surface area contributed by atoms with Gasteiger partial charge in [0.1, 0.15) is 22.2 Å². The maximum Gasteiger partial charge on any atom is 0.422 e. The van der Waals surface area contributed by atoms with E-state index in [2.05, 4.69) is 9.88 Å². The Morgan fingerprint density at radius 3 is 2.69 bits per heavy atom. The van der Waals surface area contributed by atoms with Crippen LogP contribution >= 0.6 is 11.6 Å². The van der Waals surface area contributed by atoms with Crippen molar-refractivity contribution >= 4 is 33.9 Å². The van der Waals surface area contributed by atoms with Crippen LogP contribution in [-0.4, -0.2) is 31.4 Å². The number of para-hydroxylation sites is 1. The molecule has 3 aromatic rings. The van der Waals surface area contributed by atoms with Crippen LogP contribution in [0.5, 0.6) is 11.5 Å². The van der Waals surface area contributed by atoms with Crippen LogP contribution in [0.25, 0.3) is 10.9 Å². The molecule has 1 aliphatic heterocycles. The topological polar surface area (TPSA) is 34.6 Å². The summed E-state index contributed by atoms with van der Waals surface area (Å²) in [5, 5.41) is 0.987. The third-order valence-corrected chi connectivity index (χ3v) is 5.25. The van der Waals surface area contributed by atoms with Crippen molar-refractivity contribution in [3.05, 3.63) is 52.7 Å². The number of aromatic nitrogens is 1. The second-order valence-corrected chi connectivity index (χ2v) is 7.20. The van der Waals surface area contributed by atoms with Crippen LogP contribution in [0.2, 0.25) is 5.15 Å². The first-order valence-electron chi connectivity index (χ1n) is 9.01. The third-order valence-electron chi connectivity index (χ3n) is 4.94. The van der Waals surface area contributed by atoms with Crippen molar-refractivity contribution in [1.82, 2.24) is 4.98 Å². The van der Waals surface area contributed by atoms with E-state index in [-0.39, 0.29) is 10.9 Å². The standard InChI is InChI=1S/C21H18ClF3N2O2/c1-12-10-13(28-2)6-7-16(12)27-9-8-15-19(27)14-4-3-5-17(18(14)26-20(15)22)29-11-21(23,24)25/h3-7,10H,8-9,11H2,1-2H3. The van der Waals surface area contributed by atoms with Crippen LogP contribution < -0.4 is 14.4 Å². The normalized spacial score (nSPS) is 13.7. The van der Waals surface area contributed by atoms with E-state index in [1.165, 1.54) is 6.07 Å². The van der Waals surface area contributed by atoms with E-state index in [9.17, 15) is 13.2 Å². The molecule has 0 fully saturated rings. The Morgan fingerprint density at radius 2 is 2.00 bits per heavy atom. The highest BCUT2D eigenvalue weighted by Crippen LogP contribution is 2.45. The Balaban J connectivity index is 1.85. The first-order chi connectivity index (χ1) is 13.8. The lowest BCUT2D eigenvalue weighted by Gasteiger charge is -2.24. The number of fused-ring (bicyclic) bond motifs is 3. The van der Waals surface area contributed by atoms with Gasteiger partial charge in [0.15, 0.2) is 6.61 Å². The average molecular weight is 423 g/mol. The molecular weight excluding hydrogens is 405 g/mol. The van der Waals surface area contributed by atoms with E-state index < -0.39 is 12.8 Å². The highest BCUT2D eigenvalue weighted by Gasteiger charge is 2.31. The fraction of sp³-hybridized carbons (Fsp3) is 0.286. The van der Waals surface area contributed by atoms with E-state index in [4.69, 9.17) is 21.1 Å². The van der Waals surface area contributed by atoms with Gasteiger partial charge in [-0.1, -0.05) is 23.7 Å². The maximum atomic E-state index is 12.6. The summed E-state index contributed by atoms with van der Waals surface area (Å²) in [5.41, 5.74) is 4.05. The van der Waals surface area contributed by atoms with Crippen LogP contribution in [-0.2, 0) is 6.42 Å². The van der Waals surface area contributed by atoms with Gasteiger partial charge in [-0.15, -0.1) is 0 Å². The number of nitrogens with zero attached hydrogens (tertiary/aromatic N) is 2. The molecule has 0 radical (unpaired) electrons. The Hall–Kier alpha value is -2.67. The smallest absolute Gasteiger partial charge is 0.422 e. The van der Waals surface area contributed by atoms with Gasteiger partial charge in [-0.2, -0.15) is 13.2 Å². The number of ether oxygens (including phenoxy) is 2. The van der Waals surface area contributed by atoms with Gasteiger partial charge >= 0.3 is 6.18 Å². The SMILES string of the molecule is COc1ccc(N2CCc3c(Cl)nc4c(OCC(F)(F)F)cccc4c32)c(C)c1. The van der Waals surface area contributed by atoms with Gasteiger partial charge < -0.3 is 14.4 Å². The number of methoxy groups -OCH3 is 1. The summed E-state index contributed by atoms with van der Waals surface area (Å²) in [6.45, 7) is 1.29. The van der Waals surface area contributed by atoms with Crippen molar-refractivity contribution in [3.63, 3.8) is 0 Å². The van der Waals surface area contributed by atoms with Crippen molar-refractivity contribution in [3.8, 4) is 11.5 Å². The number of halogens is 4. The average Bonchev–Trinajstić information content (AvgIpc) is 3.11. The lowest BCUT2D eigenvalue weighted by Crippen LogP contribution is -2.19. The molecule has 8 heteroatoms. The van der Waals surface area contributed by atoms with Gasteiger partial charge in [0.25, 0.3) is 0 Å². The molecule has 152 valence electrons. The molecule has 2 heterocycles. The molecule has 2 aromatic carbocycles. The van der Waals surface area contributed by atoms with Crippen molar-refractivity contribution in [2.24, 2.45) is 0 Å². The van der Waals surface area contributed by atoms with Crippen molar-refractivity contribution < 1.29 is 22.6 Å². The molecule has 1 aromatic heterocycles. The molecular formula is C21H18ClF3N2O2. The highest BCUT2D eigenvalue weighted by atomic mass is 35.5. The minimum Gasteiger partial charge on any atom is -0.497 e. The van der Waals surface area contributed by atoms with E-state index in [1.807, 2.05) is 31.2 Å². The molecule has 0 spiro atoms. The van der Waals surface area contributed by atoms with E-state index >= 15 is 0 Å². The number of hydrogen-bond acceptors (Lipinski definition) is 4. The molecule has 0 unspecified atom stereocenters. The monoisotopic (exact) mass is 422 g/mol. The fourth-order valence-electron chi connectivity index (χ4n) is 3.69. The lowest BCUT2D eigenvalue weighted by molar-refractivity contribution is -0.153. The van der Waals surface area contributed by atoms with Crippen LogP contribution in [0.3, 0.4) is 0 Å². The second kappa shape index (κ2) is 7.30. The van der Waals surface area contributed by atoms with Gasteiger partial charge in [0, 0.05) is 23.2 Å². The number of aryl methyl sites for hydroxylation is 1. The molecule has 4 rings (SSSR count). The molecule has 0 N–H and O–H groups in total. The second-order valence-electron chi connectivity index (χ2n) is 6.84. The van der Waals surface area contributed by atoms with Crippen molar-refractivity contribution in [2.45, 2.75) is 19.5 Å². The number of rotatable bonds is 4. The van der Waals surface area contributed by atoms with Crippen molar-refractivity contribution in [2.75, 3.05) is 25.2 Å². The molecule has 1 aliphatic rings. The molecule has 0 atom stereocenters. The number of alkyl halides is 3. The van der Waals surface area contributed by atoms with Crippen LogP contribution in [0, 0.1) is 6.92 Å². The minimum atomic E-state index is -4.44. The quantitative estimate of drug-likeness (QED) is 0.495. The number of benzene rings is 2. The molecule has 0 saturated carbocycles.